The highest BCUT2D eigenvalue weighted by molar-refractivity contribution is 6.07. The van der Waals surface area contributed by atoms with E-state index < -0.39 is 0 Å². The maximum absolute atomic E-state index is 11.5. The van der Waals surface area contributed by atoms with Crippen molar-refractivity contribution in [3.8, 4) is 0 Å². The lowest BCUT2D eigenvalue weighted by molar-refractivity contribution is -0.138. The van der Waals surface area contributed by atoms with Crippen LogP contribution >= 0.6 is 0 Å². The Balaban J connectivity index is 2.27. The molecule has 2 aliphatic rings. The standard InChI is InChI=1S/C9H11NO3/c1-10-8(12)6-3-2-5(11)4-7(6)9(10)13/h6-7H,2-4H2,1H3/t6-,7-/m1/s1. The molecule has 4 nitrogen and oxygen atoms in total. The second-order valence-electron chi connectivity index (χ2n) is 3.73. The van der Waals surface area contributed by atoms with Crippen molar-refractivity contribution in [2.75, 3.05) is 7.05 Å². The first-order chi connectivity index (χ1) is 6.11. The first kappa shape index (κ1) is 8.41. The summed E-state index contributed by atoms with van der Waals surface area (Å²) in [4.78, 5) is 35.1. The number of likely N-dealkylation sites (tertiary alicyclic amines) is 1. The summed E-state index contributed by atoms with van der Waals surface area (Å²) >= 11 is 0. The van der Waals surface area contributed by atoms with Gasteiger partial charge in [-0.1, -0.05) is 0 Å². The van der Waals surface area contributed by atoms with E-state index in [1.54, 1.807) is 0 Å². The van der Waals surface area contributed by atoms with Crippen LogP contribution in [0.1, 0.15) is 19.3 Å². The van der Waals surface area contributed by atoms with Crippen molar-refractivity contribution in [3.63, 3.8) is 0 Å². The molecule has 1 heterocycles. The molecular weight excluding hydrogens is 170 g/mol. The first-order valence-electron chi connectivity index (χ1n) is 4.44. The van der Waals surface area contributed by atoms with Crippen LogP contribution in [0.15, 0.2) is 0 Å². The summed E-state index contributed by atoms with van der Waals surface area (Å²) in [5.41, 5.74) is 0. The third-order valence-corrected chi connectivity index (χ3v) is 2.96. The minimum absolute atomic E-state index is 0.109. The van der Waals surface area contributed by atoms with Gasteiger partial charge in [-0.15, -0.1) is 0 Å². The molecule has 2 atom stereocenters. The molecular formula is C9H11NO3. The topological polar surface area (TPSA) is 54.5 Å². The van der Waals surface area contributed by atoms with Gasteiger partial charge in [0.25, 0.3) is 0 Å². The van der Waals surface area contributed by atoms with Gasteiger partial charge in [0.2, 0.25) is 11.8 Å². The largest absolute Gasteiger partial charge is 0.300 e. The number of carbonyl (C=O) groups is 3. The van der Waals surface area contributed by atoms with Crippen molar-refractivity contribution in [1.29, 1.82) is 0 Å². The van der Waals surface area contributed by atoms with Gasteiger partial charge in [-0.2, -0.15) is 0 Å². The van der Waals surface area contributed by atoms with Gasteiger partial charge in [0.05, 0.1) is 11.8 Å². The van der Waals surface area contributed by atoms with Crippen LogP contribution in [0.5, 0.6) is 0 Å². The molecule has 70 valence electrons. The van der Waals surface area contributed by atoms with E-state index in [9.17, 15) is 14.4 Å². The molecule has 2 fully saturated rings. The zero-order chi connectivity index (χ0) is 9.59. The van der Waals surface area contributed by atoms with E-state index in [0.29, 0.717) is 12.8 Å². The molecule has 1 saturated heterocycles. The van der Waals surface area contributed by atoms with E-state index in [2.05, 4.69) is 0 Å². The minimum atomic E-state index is -0.348. The van der Waals surface area contributed by atoms with Crippen molar-refractivity contribution in [2.45, 2.75) is 19.3 Å². The Morgan fingerprint density at radius 3 is 2.46 bits per heavy atom. The molecule has 0 unspecified atom stereocenters. The third kappa shape index (κ3) is 1.08. The van der Waals surface area contributed by atoms with Crippen molar-refractivity contribution in [2.24, 2.45) is 11.8 Å². The van der Waals surface area contributed by atoms with Crippen molar-refractivity contribution >= 4 is 17.6 Å². The normalized spacial score (nSPS) is 33.9. The zero-order valence-electron chi connectivity index (χ0n) is 7.45. The molecule has 1 saturated carbocycles. The van der Waals surface area contributed by atoms with Crippen LogP contribution < -0.4 is 0 Å². The third-order valence-electron chi connectivity index (χ3n) is 2.96. The Hall–Kier alpha value is -1.19. The number of Topliss-reactive ketones (excluding diaryl/α,β-unsaturated/α-hetero) is 1. The number of amides is 2. The maximum Gasteiger partial charge on any atom is 0.233 e. The van der Waals surface area contributed by atoms with E-state index in [1.165, 1.54) is 7.05 Å². The summed E-state index contributed by atoms with van der Waals surface area (Å²) in [5.74, 6) is -0.739. The van der Waals surface area contributed by atoms with E-state index in [4.69, 9.17) is 0 Å². The summed E-state index contributed by atoms with van der Waals surface area (Å²) in [6.07, 6.45) is 1.27. The average molecular weight is 181 g/mol. The number of imide groups is 1. The van der Waals surface area contributed by atoms with Gasteiger partial charge in [0.15, 0.2) is 0 Å². The number of carbonyl (C=O) groups excluding carboxylic acids is 3. The van der Waals surface area contributed by atoms with E-state index >= 15 is 0 Å². The minimum Gasteiger partial charge on any atom is -0.300 e. The van der Waals surface area contributed by atoms with E-state index in [0.717, 1.165) is 4.90 Å². The van der Waals surface area contributed by atoms with Crippen LogP contribution in [0.3, 0.4) is 0 Å². The number of ketones is 1. The van der Waals surface area contributed by atoms with Crippen LogP contribution in [-0.2, 0) is 14.4 Å². The predicted molar refractivity (Wildman–Crippen MR) is 43.6 cm³/mol. The molecule has 13 heavy (non-hydrogen) atoms. The lowest BCUT2D eigenvalue weighted by Gasteiger charge is -2.18. The molecule has 0 aromatic rings. The Morgan fingerprint density at radius 1 is 1.15 bits per heavy atom. The van der Waals surface area contributed by atoms with Gasteiger partial charge in [-0.05, 0) is 6.42 Å². The molecule has 1 aliphatic heterocycles. The van der Waals surface area contributed by atoms with Crippen LogP contribution in [0, 0.1) is 11.8 Å². The van der Waals surface area contributed by atoms with Gasteiger partial charge in [-0.3, -0.25) is 19.3 Å². The average Bonchev–Trinajstić information content (AvgIpc) is 2.32. The monoisotopic (exact) mass is 181 g/mol. The van der Waals surface area contributed by atoms with Gasteiger partial charge < -0.3 is 0 Å². The number of nitrogens with zero attached hydrogens (tertiary/aromatic N) is 1. The summed E-state index contributed by atoms with van der Waals surface area (Å²) in [6, 6.07) is 0. The lowest BCUT2D eigenvalue weighted by atomic mass is 9.80. The number of fused-ring (bicyclic) bond motifs is 1. The van der Waals surface area contributed by atoms with Gasteiger partial charge in [0, 0.05) is 19.9 Å². The molecule has 1 aliphatic carbocycles. The fourth-order valence-corrected chi connectivity index (χ4v) is 2.17. The molecule has 0 aromatic carbocycles. The highest BCUT2D eigenvalue weighted by atomic mass is 16.2. The second-order valence-corrected chi connectivity index (χ2v) is 3.73. The lowest BCUT2D eigenvalue weighted by Crippen LogP contribution is -2.27. The summed E-state index contributed by atoms with van der Waals surface area (Å²) in [7, 11) is 1.49. The Morgan fingerprint density at radius 2 is 1.77 bits per heavy atom. The van der Waals surface area contributed by atoms with Crippen LogP contribution in [0.25, 0.3) is 0 Å². The number of hydrogen-bond acceptors (Lipinski definition) is 3. The Bertz CT molecular complexity index is 297. The molecule has 0 radical (unpaired) electrons. The SMILES string of the molecule is CN1C(=O)[C@@H]2CCC(=O)C[C@H]2C1=O. The summed E-state index contributed by atoms with van der Waals surface area (Å²) < 4.78 is 0. The molecule has 2 amide bonds. The summed E-state index contributed by atoms with van der Waals surface area (Å²) in [5, 5.41) is 0. The van der Waals surface area contributed by atoms with Crippen LogP contribution in [-0.4, -0.2) is 29.5 Å². The predicted octanol–water partition coefficient (Wildman–Crippen LogP) is -0.0296. The Labute approximate surface area is 75.9 Å². The van der Waals surface area contributed by atoms with Gasteiger partial charge in [-0.25, -0.2) is 0 Å². The van der Waals surface area contributed by atoms with Crippen molar-refractivity contribution in [1.82, 2.24) is 4.90 Å². The fourth-order valence-electron chi connectivity index (χ4n) is 2.17. The zero-order valence-corrected chi connectivity index (χ0v) is 7.45. The Kier molecular flexibility index (Phi) is 1.71. The molecule has 4 heteroatoms. The maximum atomic E-state index is 11.5. The van der Waals surface area contributed by atoms with E-state index in [1.807, 2.05) is 0 Å². The van der Waals surface area contributed by atoms with Crippen LogP contribution in [0.4, 0.5) is 0 Å². The van der Waals surface area contributed by atoms with Gasteiger partial charge in [0.1, 0.15) is 5.78 Å². The summed E-state index contributed by atoms with van der Waals surface area (Å²) in [6.45, 7) is 0. The highest BCUT2D eigenvalue weighted by Gasteiger charge is 2.48. The molecule has 0 aromatic heterocycles. The van der Waals surface area contributed by atoms with Crippen molar-refractivity contribution in [3.05, 3.63) is 0 Å². The number of rotatable bonds is 0. The molecule has 2 rings (SSSR count). The second kappa shape index (κ2) is 2.65. The smallest absolute Gasteiger partial charge is 0.233 e. The quantitative estimate of drug-likeness (QED) is 0.493. The van der Waals surface area contributed by atoms with E-state index in [-0.39, 0.29) is 35.9 Å². The number of hydrogen-bond donors (Lipinski definition) is 0. The molecule has 0 N–H and O–H groups in total. The van der Waals surface area contributed by atoms with Crippen LogP contribution in [0.2, 0.25) is 0 Å². The van der Waals surface area contributed by atoms with Crippen molar-refractivity contribution < 1.29 is 14.4 Å². The van der Waals surface area contributed by atoms with Gasteiger partial charge >= 0.3 is 0 Å². The molecule has 0 spiro atoms. The highest BCUT2D eigenvalue weighted by Crippen LogP contribution is 2.35. The molecule has 0 bridgehead atoms. The fraction of sp³-hybridized carbons (Fsp3) is 0.667. The first-order valence-corrected chi connectivity index (χ1v) is 4.44.